The number of fused-ring (bicyclic) bond motifs is 1. The Labute approximate surface area is 120 Å². The van der Waals surface area contributed by atoms with Crippen molar-refractivity contribution in [3.8, 4) is 0 Å². The molecule has 0 aliphatic carbocycles. The van der Waals surface area contributed by atoms with Crippen molar-refractivity contribution in [3.63, 3.8) is 0 Å². The molecule has 104 valence electrons. The van der Waals surface area contributed by atoms with Crippen molar-refractivity contribution in [2.24, 2.45) is 0 Å². The van der Waals surface area contributed by atoms with Gasteiger partial charge >= 0.3 is 0 Å². The molecule has 0 fully saturated rings. The van der Waals surface area contributed by atoms with Gasteiger partial charge < -0.3 is 11.1 Å². The number of aromatic nitrogens is 1. The Kier molecular flexibility index (Phi) is 3.23. The smallest absolute Gasteiger partial charge is 0.255 e. The predicted molar refractivity (Wildman–Crippen MR) is 80.5 cm³/mol. The number of benzene rings is 2. The maximum atomic E-state index is 13.3. The number of nitrogens with zero attached hydrogens (tertiary/aromatic N) is 1. The molecule has 1 heterocycles. The Morgan fingerprint density at radius 1 is 1.14 bits per heavy atom. The molecule has 3 aromatic rings. The zero-order valence-corrected chi connectivity index (χ0v) is 11.0. The number of hydrogen-bond acceptors (Lipinski definition) is 3. The lowest BCUT2D eigenvalue weighted by molar-refractivity contribution is 0.102. The summed E-state index contributed by atoms with van der Waals surface area (Å²) in [5, 5.41) is 3.63. The molecule has 1 aromatic heterocycles. The number of carbonyl (C=O) groups is 1. The van der Waals surface area contributed by atoms with Gasteiger partial charge in [0.05, 0.1) is 5.52 Å². The Morgan fingerprint density at radius 2 is 2.00 bits per heavy atom. The number of nitrogens with one attached hydrogen (secondary N) is 1. The van der Waals surface area contributed by atoms with Crippen LogP contribution in [0.2, 0.25) is 0 Å². The number of pyridine rings is 1. The van der Waals surface area contributed by atoms with E-state index in [1.54, 1.807) is 12.3 Å². The molecule has 5 heteroatoms. The molecular weight excluding hydrogens is 269 g/mol. The Bertz CT molecular complexity index is 812. The number of nitrogen functional groups attached to an aromatic ring is 1. The zero-order valence-electron chi connectivity index (χ0n) is 11.0. The first-order valence-corrected chi connectivity index (χ1v) is 6.34. The highest BCUT2D eigenvalue weighted by atomic mass is 19.1. The molecule has 2 aromatic carbocycles. The summed E-state index contributed by atoms with van der Waals surface area (Å²) in [5.74, 6) is -0.952. The van der Waals surface area contributed by atoms with Crippen LogP contribution in [0.3, 0.4) is 0 Å². The van der Waals surface area contributed by atoms with Crippen molar-refractivity contribution < 1.29 is 9.18 Å². The number of nitrogens with two attached hydrogens (primary N) is 1. The topological polar surface area (TPSA) is 68.0 Å². The molecule has 0 unspecified atom stereocenters. The molecule has 0 saturated heterocycles. The standard InChI is InChI=1S/C16H12FN3O/c17-12-6-11(7-13(18)9-12)16(21)20-14-3-4-15-10(8-14)2-1-5-19-15/h1-9H,18H2,(H,20,21). The van der Waals surface area contributed by atoms with E-state index >= 15 is 0 Å². The number of amides is 1. The molecule has 0 aliphatic rings. The Hall–Kier alpha value is -2.95. The van der Waals surface area contributed by atoms with Crippen LogP contribution in [0.25, 0.3) is 10.9 Å². The van der Waals surface area contributed by atoms with E-state index in [1.165, 1.54) is 12.1 Å². The Morgan fingerprint density at radius 3 is 2.81 bits per heavy atom. The normalized spacial score (nSPS) is 10.5. The van der Waals surface area contributed by atoms with Gasteiger partial charge in [0.2, 0.25) is 0 Å². The van der Waals surface area contributed by atoms with Crippen LogP contribution in [0.15, 0.2) is 54.7 Å². The number of anilines is 2. The molecule has 21 heavy (non-hydrogen) atoms. The first-order chi connectivity index (χ1) is 10.1. The number of carbonyl (C=O) groups excluding carboxylic acids is 1. The molecule has 3 rings (SSSR count). The number of rotatable bonds is 2. The quantitative estimate of drug-likeness (QED) is 0.709. The van der Waals surface area contributed by atoms with Crippen LogP contribution in [0.1, 0.15) is 10.4 Å². The second-order valence-electron chi connectivity index (χ2n) is 4.64. The maximum absolute atomic E-state index is 13.3. The van der Waals surface area contributed by atoms with Crippen molar-refractivity contribution in [3.05, 3.63) is 66.1 Å². The van der Waals surface area contributed by atoms with Gasteiger partial charge in [-0.25, -0.2) is 4.39 Å². The second kappa shape index (κ2) is 5.20. The highest BCUT2D eigenvalue weighted by Crippen LogP contribution is 2.18. The second-order valence-corrected chi connectivity index (χ2v) is 4.64. The SMILES string of the molecule is Nc1cc(F)cc(C(=O)Nc2ccc3ncccc3c2)c1. The van der Waals surface area contributed by atoms with E-state index in [-0.39, 0.29) is 11.3 Å². The summed E-state index contributed by atoms with van der Waals surface area (Å²) in [4.78, 5) is 16.3. The van der Waals surface area contributed by atoms with Gasteiger partial charge in [-0.2, -0.15) is 0 Å². The third kappa shape index (κ3) is 2.81. The summed E-state index contributed by atoms with van der Waals surface area (Å²) in [5.41, 5.74) is 7.38. The van der Waals surface area contributed by atoms with Crippen LogP contribution in [0.4, 0.5) is 15.8 Å². The van der Waals surface area contributed by atoms with E-state index in [2.05, 4.69) is 10.3 Å². The van der Waals surface area contributed by atoms with Gasteiger partial charge in [0.15, 0.2) is 0 Å². The van der Waals surface area contributed by atoms with Gasteiger partial charge in [-0.05, 0) is 42.5 Å². The van der Waals surface area contributed by atoms with Crippen LogP contribution < -0.4 is 11.1 Å². The van der Waals surface area contributed by atoms with Crippen molar-refractivity contribution in [1.82, 2.24) is 4.98 Å². The van der Waals surface area contributed by atoms with Crippen LogP contribution in [0, 0.1) is 5.82 Å². The minimum absolute atomic E-state index is 0.179. The first-order valence-electron chi connectivity index (χ1n) is 6.34. The zero-order chi connectivity index (χ0) is 14.8. The van der Waals surface area contributed by atoms with Crippen LogP contribution >= 0.6 is 0 Å². The van der Waals surface area contributed by atoms with Crippen LogP contribution in [-0.2, 0) is 0 Å². The average molecular weight is 281 g/mol. The minimum atomic E-state index is -0.539. The fourth-order valence-corrected chi connectivity index (χ4v) is 2.10. The van der Waals surface area contributed by atoms with E-state index in [4.69, 9.17) is 5.73 Å². The van der Waals surface area contributed by atoms with E-state index in [1.807, 2.05) is 24.3 Å². The van der Waals surface area contributed by atoms with E-state index in [0.717, 1.165) is 17.0 Å². The molecule has 0 aliphatic heterocycles. The lowest BCUT2D eigenvalue weighted by Gasteiger charge is -2.07. The molecule has 0 atom stereocenters. The molecule has 0 spiro atoms. The summed E-state index contributed by atoms with van der Waals surface area (Å²) in [6.07, 6.45) is 1.70. The summed E-state index contributed by atoms with van der Waals surface area (Å²) in [7, 11) is 0. The number of halogens is 1. The first kappa shape index (κ1) is 13.1. The van der Waals surface area contributed by atoms with Crippen LogP contribution in [0.5, 0.6) is 0 Å². The summed E-state index contributed by atoms with van der Waals surface area (Å²) in [6, 6.07) is 12.8. The van der Waals surface area contributed by atoms with E-state index in [0.29, 0.717) is 5.69 Å². The van der Waals surface area contributed by atoms with Crippen molar-refractivity contribution >= 4 is 28.2 Å². The highest BCUT2D eigenvalue weighted by Gasteiger charge is 2.09. The van der Waals surface area contributed by atoms with Gasteiger partial charge in [0, 0.05) is 28.5 Å². The van der Waals surface area contributed by atoms with E-state index in [9.17, 15) is 9.18 Å². The molecule has 1 amide bonds. The van der Waals surface area contributed by atoms with Gasteiger partial charge in [-0.3, -0.25) is 9.78 Å². The molecule has 4 nitrogen and oxygen atoms in total. The number of hydrogen-bond donors (Lipinski definition) is 2. The van der Waals surface area contributed by atoms with E-state index < -0.39 is 11.7 Å². The Balaban J connectivity index is 1.88. The minimum Gasteiger partial charge on any atom is -0.399 e. The predicted octanol–water partition coefficient (Wildman–Crippen LogP) is 3.21. The van der Waals surface area contributed by atoms with Gasteiger partial charge in [-0.15, -0.1) is 0 Å². The van der Waals surface area contributed by atoms with Gasteiger partial charge in [0.25, 0.3) is 5.91 Å². The molecule has 0 bridgehead atoms. The van der Waals surface area contributed by atoms with Crippen molar-refractivity contribution in [2.45, 2.75) is 0 Å². The highest BCUT2D eigenvalue weighted by molar-refractivity contribution is 6.05. The fourth-order valence-electron chi connectivity index (χ4n) is 2.10. The van der Waals surface area contributed by atoms with Gasteiger partial charge in [-0.1, -0.05) is 6.07 Å². The summed E-state index contributed by atoms with van der Waals surface area (Å²) >= 11 is 0. The molecular formula is C16H12FN3O. The maximum Gasteiger partial charge on any atom is 0.255 e. The van der Waals surface area contributed by atoms with Crippen LogP contribution in [-0.4, -0.2) is 10.9 Å². The summed E-state index contributed by atoms with van der Waals surface area (Å²) in [6.45, 7) is 0. The third-order valence-corrected chi connectivity index (χ3v) is 3.04. The van der Waals surface area contributed by atoms with Crippen molar-refractivity contribution in [1.29, 1.82) is 0 Å². The summed E-state index contributed by atoms with van der Waals surface area (Å²) < 4.78 is 13.3. The average Bonchev–Trinajstić information content (AvgIpc) is 2.46. The molecule has 3 N–H and O–H groups in total. The molecule has 0 radical (unpaired) electrons. The van der Waals surface area contributed by atoms with Gasteiger partial charge in [0.1, 0.15) is 5.82 Å². The fraction of sp³-hybridized carbons (Fsp3) is 0. The van der Waals surface area contributed by atoms with Crippen molar-refractivity contribution in [2.75, 3.05) is 11.1 Å². The molecule has 0 saturated carbocycles. The lowest BCUT2D eigenvalue weighted by atomic mass is 10.1. The monoisotopic (exact) mass is 281 g/mol. The lowest BCUT2D eigenvalue weighted by Crippen LogP contribution is -2.12. The largest absolute Gasteiger partial charge is 0.399 e. The third-order valence-electron chi connectivity index (χ3n) is 3.04.